The van der Waals surface area contributed by atoms with Crippen LogP contribution in [0.3, 0.4) is 0 Å². The molecule has 0 aliphatic heterocycles. The number of halogens is 1. The molecular formula is C11H13ClN2OS. The summed E-state index contributed by atoms with van der Waals surface area (Å²) in [6.07, 6.45) is 0.426. The van der Waals surface area contributed by atoms with Crippen LogP contribution < -0.4 is 0 Å². The van der Waals surface area contributed by atoms with Crippen molar-refractivity contribution in [1.82, 2.24) is 4.90 Å². The lowest BCUT2D eigenvalue weighted by atomic mass is 10.2. The third-order valence-electron chi connectivity index (χ3n) is 2.38. The first-order valence-electron chi connectivity index (χ1n) is 4.90. The first-order chi connectivity index (χ1) is 7.54. The van der Waals surface area contributed by atoms with Gasteiger partial charge in [0, 0.05) is 6.04 Å². The second kappa shape index (κ2) is 6.00. The Hall–Kier alpha value is -0.890. The fourth-order valence-electron chi connectivity index (χ4n) is 1.21. The summed E-state index contributed by atoms with van der Waals surface area (Å²) < 4.78 is 0.621. The van der Waals surface area contributed by atoms with Crippen LogP contribution in [0.25, 0.3) is 0 Å². The van der Waals surface area contributed by atoms with Gasteiger partial charge in [-0.05, 0) is 26.1 Å². The van der Waals surface area contributed by atoms with Gasteiger partial charge < -0.3 is 0 Å². The number of ketones is 1. The van der Waals surface area contributed by atoms with Crippen molar-refractivity contribution in [2.24, 2.45) is 0 Å². The lowest BCUT2D eigenvalue weighted by molar-refractivity contribution is 0.0930. The van der Waals surface area contributed by atoms with Gasteiger partial charge in [0.1, 0.15) is 0 Å². The second-order valence-corrected chi connectivity index (χ2v) is 5.37. The Labute approximate surface area is 104 Å². The normalized spacial score (nSPS) is 12.4. The van der Waals surface area contributed by atoms with E-state index in [1.165, 1.54) is 11.3 Å². The molecule has 1 atom stereocenters. The largest absolute Gasteiger partial charge is 0.295 e. The van der Waals surface area contributed by atoms with E-state index in [0.717, 1.165) is 0 Å². The zero-order valence-corrected chi connectivity index (χ0v) is 10.8. The molecule has 0 amide bonds. The van der Waals surface area contributed by atoms with Crippen molar-refractivity contribution in [3.63, 3.8) is 0 Å². The van der Waals surface area contributed by atoms with Gasteiger partial charge in [-0.1, -0.05) is 11.6 Å². The molecule has 1 unspecified atom stereocenters. The van der Waals surface area contributed by atoms with E-state index in [1.54, 1.807) is 12.1 Å². The highest BCUT2D eigenvalue weighted by molar-refractivity contribution is 7.18. The van der Waals surface area contributed by atoms with Gasteiger partial charge in [-0.15, -0.1) is 11.3 Å². The zero-order chi connectivity index (χ0) is 12.1. The van der Waals surface area contributed by atoms with Crippen LogP contribution in [-0.2, 0) is 0 Å². The van der Waals surface area contributed by atoms with Crippen molar-refractivity contribution in [2.45, 2.75) is 19.4 Å². The third-order valence-corrected chi connectivity index (χ3v) is 3.65. The van der Waals surface area contributed by atoms with Crippen molar-refractivity contribution in [3.8, 4) is 6.07 Å². The van der Waals surface area contributed by atoms with Crippen LogP contribution >= 0.6 is 22.9 Å². The Morgan fingerprint density at radius 3 is 2.88 bits per heavy atom. The maximum Gasteiger partial charge on any atom is 0.186 e. The molecule has 0 aliphatic carbocycles. The molecule has 16 heavy (non-hydrogen) atoms. The first-order valence-corrected chi connectivity index (χ1v) is 6.09. The summed E-state index contributed by atoms with van der Waals surface area (Å²) in [5.41, 5.74) is 0. The predicted molar refractivity (Wildman–Crippen MR) is 66.0 cm³/mol. The Morgan fingerprint density at radius 1 is 1.69 bits per heavy atom. The number of hydrogen-bond acceptors (Lipinski definition) is 4. The molecule has 0 aliphatic rings. The van der Waals surface area contributed by atoms with Gasteiger partial charge in [-0.25, -0.2) is 0 Å². The Kier molecular flexibility index (Phi) is 4.94. The molecule has 0 spiro atoms. The lowest BCUT2D eigenvalue weighted by Crippen LogP contribution is -2.33. The zero-order valence-electron chi connectivity index (χ0n) is 9.24. The number of carbonyl (C=O) groups excluding carboxylic acids is 1. The molecule has 0 radical (unpaired) electrons. The van der Waals surface area contributed by atoms with E-state index in [2.05, 4.69) is 6.07 Å². The molecule has 86 valence electrons. The van der Waals surface area contributed by atoms with E-state index in [1.807, 2.05) is 18.9 Å². The molecule has 1 aromatic heterocycles. The second-order valence-electron chi connectivity index (χ2n) is 3.65. The lowest BCUT2D eigenvalue weighted by Gasteiger charge is -2.21. The van der Waals surface area contributed by atoms with E-state index in [0.29, 0.717) is 22.2 Å². The average molecular weight is 257 g/mol. The van der Waals surface area contributed by atoms with Crippen LogP contribution in [-0.4, -0.2) is 30.3 Å². The highest BCUT2D eigenvalue weighted by Gasteiger charge is 2.15. The standard InChI is InChI=1S/C11H13ClN2OS/c1-8(5-6-13)14(2)7-9(15)10-3-4-11(12)16-10/h3-4,8H,5,7H2,1-2H3. The molecule has 0 aromatic carbocycles. The van der Waals surface area contributed by atoms with Crippen molar-refractivity contribution in [1.29, 1.82) is 5.26 Å². The summed E-state index contributed by atoms with van der Waals surface area (Å²) >= 11 is 7.05. The number of carbonyl (C=O) groups is 1. The first kappa shape index (κ1) is 13.2. The van der Waals surface area contributed by atoms with Crippen LogP contribution in [0.2, 0.25) is 4.34 Å². The highest BCUT2D eigenvalue weighted by atomic mass is 35.5. The fraction of sp³-hybridized carbons (Fsp3) is 0.455. The fourth-order valence-corrected chi connectivity index (χ4v) is 2.19. The summed E-state index contributed by atoms with van der Waals surface area (Å²) in [4.78, 5) is 14.3. The number of rotatable bonds is 5. The van der Waals surface area contributed by atoms with Crippen molar-refractivity contribution in [3.05, 3.63) is 21.3 Å². The highest BCUT2D eigenvalue weighted by Crippen LogP contribution is 2.22. The molecule has 0 saturated carbocycles. The van der Waals surface area contributed by atoms with Crippen LogP contribution in [0.4, 0.5) is 0 Å². The molecular weight excluding hydrogens is 244 g/mol. The molecule has 0 N–H and O–H groups in total. The number of thiophene rings is 1. The van der Waals surface area contributed by atoms with E-state index in [9.17, 15) is 4.79 Å². The van der Waals surface area contributed by atoms with Crippen LogP contribution in [0.5, 0.6) is 0 Å². The number of Topliss-reactive ketones (excluding diaryl/α,β-unsaturated/α-hetero) is 1. The molecule has 1 aromatic rings. The number of nitriles is 1. The van der Waals surface area contributed by atoms with Gasteiger partial charge in [0.25, 0.3) is 0 Å². The quantitative estimate of drug-likeness (QED) is 0.761. The van der Waals surface area contributed by atoms with Crippen LogP contribution in [0.1, 0.15) is 23.0 Å². The van der Waals surface area contributed by atoms with Gasteiger partial charge in [-0.2, -0.15) is 5.26 Å². The maximum atomic E-state index is 11.8. The van der Waals surface area contributed by atoms with Gasteiger partial charge in [0.2, 0.25) is 0 Å². The predicted octanol–water partition coefficient (Wildman–Crippen LogP) is 2.82. The van der Waals surface area contributed by atoms with E-state index >= 15 is 0 Å². The minimum atomic E-state index is 0.0455. The van der Waals surface area contributed by atoms with E-state index < -0.39 is 0 Å². The monoisotopic (exact) mass is 256 g/mol. The molecule has 5 heteroatoms. The topological polar surface area (TPSA) is 44.1 Å². The van der Waals surface area contributed by atoms with Crippen LogP contribution in [0.15, 0.2) is 12.1 Å². The minimum Gasteiger partial charge on any atom is -0.295 e. The molecule has 1 rings (SSSR count). The van der Waals surface area contributed by atoms with Gasteiger partial charge in [0.05, 0.1) is 28.2 Å². The Bertz CT molecular complexity index is 410. The Balaban J connectivity index is 2.55. The summed E-state index contributed by atoms with van der Waals surface area (Å²) in [6.45, 7) is 2.25. The van der Waals surface area contributed by atoms with Crippen molar-refractivity contribution < 1.29 is 4.79 Å². The van der Waals surface area contributed by atoms with Gasteiger partial charge in [-0.3, -0.25) is 9.69 Å². The van der Waals surface area contributed by atoms with Gasteiger partial charge >= 0.3 is 0 Å². The molecule has 0 fully saturated rings. The number of nitrogens with zero attached hydrogens (tertiary/aromatic N) is 2. The van der Waals surface area contributed by atoms with Crippen LogP contribution in [0, 0.1) is 11.3 Å². The van der Waals surface area contributed by atoms with Gasteiger partial charge in [0.15, 0.2) is 5.78 Å². The third kappa shape index (κ3) is 3.60. The van der Waals surface area contributed by atoms with Crippen molar-refractivity contribution in [2.75, 3.05) is 13.6 Å². The van der Waals surface area contributed by atoms with E-state index in [4.69, 9.17) is 16.9 Å². The Morgan fingerprint density at radius 2 is 2.38 bits per heavy atom. The number of likely N-dealkylation sites (N-methyl/N-ethyl adjacent to an activating group) is 1. The molecule has 1 heterocycles. The van der Waals surface area contributed by atoms with Crippen molar-refractivity contribution >= 4 is 28.7 Å². The maximum absolute atomic E-state index is 11.8. The summed E-state index contributed by atoms with van der Waals surface area (Å²) in [7, 11) is 1.84. The molecule has 0 saturated heterocycles. The smallest absolute Gasteiger partial charge is 0.186 e. The minimum absolute atomic E-state index is 0.0455. The number of hydrogen-bond donors (Lipinski definition) is 0. The molecule has 3 nitrogen and oxygen atoms in total. The summed E-state index contributed by atoms with van der Waals surface area (Å²) in [5, 5.41) is 8.56. The molecule has 0 bridgehead atoms. The summed E-state index contributed by atoms with van der Waals surface area (Å²) in [5.74, 6) is 0.0455. The summed E-state index contributed by atoms with van der Waals surface area (Å²) in [6, 6.07) is 5.64. The SMILES string of the molecule is CC(CC#N)N(C)CC(=O)c1ccc(Cl)s1. The van der Waals surface area contributed by atoms with E-state index in [-0.39, 0.29) is 11.8 Å². The average Bonchev–Trinajstić information content (AvgIpc) is 2.65.